The first-order valence-corrected chi connectivity index (χ1v) is 8.99. The molecule has 1 fully saturated rings. The SMILES string of the molecule is CC(C)C(C)NC(=O)CNc1cccc(OCC(=O)N2CCCC2)c1. The van der Waals surface area contributed by atoms with Gasteiger partial charge in [-0.15, -0.1) is 0 Å². The zero-order valence-electron chi connectivity index (χ0n) is 15.4. The first-order chi connectivity index (χ1) is 12.0. The highest BCUT2D eigenvalue weighted by Crippen LogP contribution is 2.17. The maximum atomic E-state index is 12.0. The predicted octanol–water partition coefficient (Wildman–Crippen LogP) is 2.26. The van der Waals surface area contributed by atoms with E-state index in [0.717, 1.165) is 31.6 Å². The number of rotatable bonds is 8. The van der Waals surface area contributed by atoms with E-state index in [2.05, 4.69) is 24.5 Å². The predicted molar refractivity (Wildman–Crippen MR) is 98.7 cm³/mol. The Morgan fingerprint density at radius 1 is 1.20 bits per heavy atom. The lowest BCUT2D eigenvalue weighted by Gasteiger charge is -2.18. The fourth-order valence-electron chi connectivity index (χ4n) is 2.55. The van der Waals surface area contributed by atoms with Gasteiger partial charge in [0.2, 0.25) is 5.91 Å². The van der Waals surface area contributed by atoms with E-state index in [1.54, 1.807) is 6.07 Å². The smallest absolute Gasteiger partial charge is 0.260 e. The summed E-state index contributed by atoms with van der Waals surface area (Å²) in [6, 6.07) is 7.46. The Hall–Kier alpha value is -2.24. The van der Waals surface area contributed by atoms with Crippen molar-refractivity contribution in [2.24, 2.45) is 5.92 Å². The number of nitrogens with one attached hydrogen (secondary N) is 2. The van der Waals surface area contributed by atoms with Crippen molar-refractivity contribution in [3.63, 3.8) is 0 Å². The van der Waals surface area contributed by atoms with Gasteiger partial charge in [0.1, 0.15) is 5.75 Å². The second-order valence-electron chi connectivity index (χ2n) is 6.86. The minimum absolute atomic E-state index is 0.0258. The number of amides is 2. The van der Waals surface area contributed by atoms with Gasteiger partial charge >= 0.3 is 0 Å². The number of benzene rings is 1. The Labute approximate surface area is 149 Å². The lowest BCUT2D eigenvalue weighted by molar-refractivity contribution is -0.132. The van der Waals surface area contributed by atoms with Gasteiger partial charge in [-0.1, -0.05) is 19.9 Å². The highest BCUT2D eigenvalue weighted by Gasteiger charge is 2.18. The zero-order chi connectivity index (χ0) is 18.2. The number of carbonyl (C=O) groups is 2. The van der Waals surface area contributed by atoms with Crippen molar-refractivity contribution in [2.45, 2.75) is 39.7 Å². The molecule has 1 saturated heterocycles. The van der Waals surface area contributed by atoms with Crippen molar-refractivity contribution in [3.8, 4) is 5.75 Å². The van der Waals surface area contributed by atoms with Crippen LogP contribution in [0.15, 0.2) is 24.3 Å². The molecular formula is C19H29N3O3. The molecule has 2 rings (SSSR count). The van der Waals surface area contributed by atoms with Crippen LogP contribution in [0.25, 0.3) is 0 Å². The third-order valence-electron chi connectivity index (χ3n) is 4.50. The molecule has 6 nitrogen and oxygen atoms in total. The number of hydrogen-bond donors (Lipinski definition) is 2. The molecule has 6 heteroatoms. The Morgan fingerprint density at radius 2 is 1.92 bits per heavy atom. The normalized spacial score (nSPS) is 15.1. The van der Waals surface area contributed by atoms with E-state index in [4.69, 9.17) is 4.74 Å². The van der Waals surface area contributed by atoms with Crippen LogP contribution in [0.4, 0.5) is 5.69 Å². The highest BCUT2D eigenvalue weighted by atomic mass is 16.5. The molecule has 0 spiro atoms. The number of hydrogen-bond acceptors (Lipinski definition) is 4. The largest absolute Gasteiger partial charge is 0.484 e. The van der Waals surface area contributed by atoms with Crippen molar-refractivity contribution in [3.05, 3.63) is 24.3 Å². The Balaban J connectivity index is 1.78. The van der Waals surface area contributed by atoms with Crippen molar-refractivity contribution < 1.29 is 14.3 Å². The lowest BCUT2D eigenvalue weighted by Crippen LogP contribution is -2.39. The molecule has 1 aromatic carbocycles. The molecule has 0 bridgehead atoms. The summed E-state index contributed by atoms with van der Waals surface area (Å²) < 4.78 is 5.59. The second kappa shape index (κ2) is 9.30. The Morgan fingerprint density at radius 3 is 2.60 bits per heavy atom. The van der Waals surface area contributed by atoms with E-state index >= 15 is 0 Å². The molecule has 1 atom stereocenters. The number of likely N-dealkylation sites (tertiary alicyclic amines) is 1. The summed E-state index contributed by atoms with van der Waals surface area (Å²) in [4.78, 5) is 25.8. The molecule has 0 aromatic heterocycles. The third kappa shape index (κ3) is 6.29. The molecular weight excluding hydrogens is 318 g/mol. The van der Waals surface area contributed by atoms with Crippen molar-refractivity contribution in [1.82, 2.24) is 10.2 Å². The van der Waals surface area contributed by atoms with Crippen molar-refractivity contribution >= 4 is 17.5 Å². The fraction of sp³-hybridized carbons (Fsp3) is 0.579. The number of ether oxygens (including phenoxy) is 1. The van der Waals surface area contributed by atoms with Crippen LogP contribution in [-0.4, -0.2) is 49.0 Å². The average Bonchev–Trinajstić information content (AvgIpc) is 3.13. The highest BCUT2D eigenvalue weighted by molar-refractivity contribution is 5.81. The summed E-state index contributed by atoms with van der Waals surface area (Å²) in [6.45, 7) is 8.05. The summed E-state index contributed by atoms with van der Waals surface area (Å²) in [6.07, 6.45) is 2.14. The van der Waals surface area contributed by atoms with Gasteiger partial charge in [0.25, 0.3) is 5.91 Å². The van der Waals surface area contributed by atoms with Crippen LogP contribution in [0.2, 0.25) is 0 Å². The molecule has 2 N–H and O–H groups in total. The van der Waals surface area contributed by atoms with Crippen LogP contribution in [0.5, 0.6) is 5.75 Å². The van der Waals surface area contributed by atoms with Crippen LogP contribution in [0.1, 0.15) is 33.6 Å². The number of carbonyl (C=O) groups excluding carboxylic acids is 2. The van der Waals surface area contributed by atoms with Gasteiger partial charge in [-0.3, -0.25) is 9.59 Å². The molecule has 1 unspecified atom stereocenters. The van der Waals surface area contributed by atoms with Gasteiger partial charge in [0.15, 0.2) is 6.61 Å². The molecule has 138 valence electrons. The van der Waals surface area contributed by atoms with E-state index in [9.17, 15) is 9.59 Å². The van der Waals surface area contributed by atoms with Crippen LogP contribution in [0.3, 0.4) is 0 Å². The zero-order valence-corrected chi connectivity index (χ0v) is 15.4. The van der Waals surface area contributed by atoms with Gasteiger partial charge < -0.3 is 20.3 Å². The van der Waals surface area contributed by atoms with Crippen LogP contribution >= 0.6 is 0 Å². The molecule has 0 aliphatic carbocycles. The van der Waals surface area contributed by atoms with Crippen LogP contribution in [0, 0.1) is 5.92 Å². The van der Waals surface area contributed by atoms with Gasteiger partial charge in [0, 0.05) is 30.9 Å². The summed E-state index contributed by atoms with van der Waals surface area (Å²) in [5.41, 5.74) is 0.790. The third-order valence-corrected chi connectivity index (χ3v) is 4.50. The maximum absolute atomic E-state index is 12.0. The Kier molecular flexibility index (Phi) is 7.10. The van der Waals surface area contributed by atoms with Gasteiger partial charge in [0.05, 0.1) is 6.54 Å². The summed E-state index contributed by atoms with van der Waals surface area (Å²) in [7, 11) is 0. The molecule has 0 saturated carbocycles. The van der Waals surface area contributed by atoms with Crippen molar-refractivity contribution in [2.75, 3.05) is 31.6 Å². The molecule has 2 amide bonds. The summed E-state index contributed by atoms with van der Waals surface area (Å²) in [5, 5.41) is 6.04. The topological polar surface area (TPSA) is 70.7 Å². The van der Waals surface area contributed by atoms with E-state index in [-0.39, 0.29) is 31.0 Å². The number of anilines is 1. The van der Waals surface area contributed by atoms with Crippen LogP contribution < -0.4 is 15.4 Å². The minimum atomic E-state index is -0.0447. The molecule has 0 radical (unpaired) electrons. The molecule has 25 heavy (non-hydrogen) atoms. The van der Waals surface area contributed by atoms with E-state index in [1.165, 1.54) is 0 Å². The maximum Gasteiger partial charge on any atom is 0.260 e. The molecule has 1 aliphatic heterocycles. The van der Waals surface area contributed by atoms with Gasteiger partial charge in [-0.05, 0) is 37.8 Å². The lowest BCUT2D eigenvalue weighted by atomic mass is 10.1. The summed E-state index contributed by atoms with van der Waals surface area (Å²) in [5.74, 6) is 0.997. The van der Waals surface area contributed by atoms with Crippen molar-refractivity contribution in [1.29, 1.82) is 0 Å². The van der Waals surface area contributed by atoms with Crippen LogP contribution in [-0.2, 0) is 9.59 Å². The fourth-order valence-corrected chi connectivity index (χ4v) is 2.55. The first kappa shape index (κ1) is 19.1. The summed E-state index contributed by atoms with van der Waals surface area (Å²) >= 11 is 0. The number of nitrogens with zero attached hydrogens (tertiary/aromatic N) is 1. The van der Waals surface area contributed by atoms with E-state index in [1.807, 2.05) is 30.0 Å². The quantitative estimate of drug-likeness (QED) is 0.757. The average molecular weight is 347 g/mol. The molecule has 1 aromatic rings. The van der Waals surface area contributed by atoms with E-state index in [0.29, 0.717) is 11.7 Å². The Bertz CT molecular complexity index is 583. The monoisotopic (exact) mass is 347 g/mol. The van der Waals surface area contributed by atoms with Gasteiger partial charge in [-0.25, -0.2) is 0 Å². The van der Waals surface area contributed by atoms with E-state index < -0.39 is 0 Å². The molecule has 1 heterocycles. The first-order valence-electron chi connectivity index (χ1n) is 8.99. The molecule has 1 aliphatic rings. The van der Waals surface area contributed by atoms with Gasteiger partial charge in [-0.2, -0.15) is 0 Å². The standard InChI is InChI=1S/C19H29N3O3/c1-14(2)15(3)21-18(23)12-20-16-7-6-8-17(11-16)25-13-19(24)22-9-4-5-10-22/h6-8,11,14-15,20H,4-5,9-10,12-13H2,1-3H3,(H,21,23). The second-order valence-corrected chi connectivity index (χ2v) is 6.86. The minimum Gasteiger partial charge on any atom is -0.484 e.